The van der Waals surface area contributed by atoms with Crippen LogP contribution < -0.4 is 5.32 Å². The van der Waals surface area contributed by atoms with Gasteiger partial charge in [0.05, 0.1) is 16.8 Å². The van der Waals surface area contributed by atoms with Gasteiger partial charge in [-0.1, -0.05) is 11.6 Å². The number of carbonyl (C=O) groups excluding carboxylic acids is 4. The van der Waals surface area contributed by atoms with Gasteiger partial charge < -0.3 is 29.3 Å². The number of piperidine rings is 1. The molecule has 1 aromatic heterocycles. The van der Waals surface area contributed by atoms with Crippen molar-refractivity contribution in [1.82, 2.24) is 24.3 Å². The van der Waals surface area contributed by atoms with Crippen molar-refractivity contribution in [1.29, 1.82) is 0 Å². The smallest absolute Gasteiger partial charge is 0.410 e. The van der Waals surface area contributed by atoms with Crippen molar-refractivity contribution in [3.63, 3.8) is 0 Å². The van der Waals surface area contributed by atoms with Crippen LogP contribution in [0.25, 0.3) is 0 Å². The van der Waals surface area contributed by atoms with E-state index in [1.54, 1.807) is 38.4 Å². The number of hydrogen-bond donors (Lipinski definition) is 1. The van der Waals surface area contributed by atoms with Gasteiger partial charge in [-0.25, -0.2) is 9.78 Å². The van der Waals surface area contributed by atoms with Crippen LogP contribution in [0.2, 0.25) is 5.02 Å². The summed E-state index contributed by atoms with van der Waals surface area (Å²) in [5.41, 5.74) is 0.216. The van der Waals surface area contributed by atoms with Gasteiger partial charge in [-0.15, -0.1) is 0 Å². The Balaban J connectivity index is 1.27. The van der Waals surface area contributed by atoms with E-state index in [2.05, 4.69) is 26.2 Å². The molecular formula is C27H34BrClN6O5. The summed E-state index contributed by atoms with van der Waals surface area (Å²) in [7, 11) is 1.71. The highest BCUT2D eigenvalue weighted by Gasteiger charge is 2.34. The molecule has 40 heavy (non-hydrogen) atoms. The molecule has 3 heterocycles. The van der Waals surface area contributed by atoms with E-state index in [9.17, 15) is 19.2 Å². The van der Waals surface area contributed by atoms with E-state index in [-0.39, 0.29) is 34.7 Å². The number of carbonyl (C=O) groups is 4. The molecule has 2 aliphatic rings. The normalized spacial score (nSPS) is 16.6. The minimum Gasteiger partial charge on any atom is -0.444 e. The number of ether oxygens (including phenoxy) is 1. The fourth-order valence-corrected chi connectivity index (χ4v) is 5.28. The second-order valence-corrected chi connectivity index (χ2v) is 12.2. The van der Waals surface area contributed by atoms with Crippen LogP contribution in [0.5, 0.6) is 0 Å². The molecule has 0 saturated carbocycles. The first kappa shape index (κ1) is 29.9. The Morgan fingerprint density at radius 3 is 2.17 bits per heavy atom. The third-order valence-corrected chi connectivity index (χ3v) is 8.02. The highest BCUT2D eigenvalue weighted by molar-refractivity contribution is 9.10. The summed E-state index contributed by atoms with van der Waals surface area (Å²) in [5, 5.41) is 2.96. The monoisotopic (exact) mass is 636 g/mol. The lowest BCUT2D eigenvalue weighted by molar-refractivity contribution is -0.138. The number of aromatic nitrogens is 2. The average molecular weight is 638 g/mol. The predicted molar refractivity (Wildman–Crippen MR) is 153 cm³/mol. The molecule has 1 aromatic carbocycles. The largest absolute Gasteiger partial charge is 0.444 e. The van der Waals surface area contributed by atoms with Crippen LogP contribution in [-0.2, 0) is 16.6 Å². The molecule has 2 aliphatic heterocycles. The number of nitrogens with zero attached hydrogens (tertiary/aromatic N) is 5. The number of amides is 4. The Morgan fingerprint density at radius 2 is 1.62 bits per heavy atom. The van der Waals surface area contributed by atoms with Gasteiger partial charge in [-0.05, 0) is 67.7 Å². The Hall–Kier alpha value is -3.12. The fraction of sp³-hybridized carbons (Fsp3) is 0.519. The molecule has 0 bridgehead atoms. The Kier molecular flexibility index (Phi) is 9.09. The third-order valence-electron chi connectivity index (χ3n) is 6.97. The van der Waals surface area contributed by atoms with Gasteiger partial charge in [0.25, 0.3) is 11.8 Å². The average Bonchev–Trinajstić information content (AvgIpc) is 3.25. The first-order valence-corrected chi connectivity index (χ1v) is 14.3. The number of likely N-dealkylation sites (tertiary alicyclic amines) is 1. The number of benzene rings is 1. The second kappa shape index (κ2) is 12.2. The Bertz CT molecular complexity index is 1290. The predicted octanol–water partition coefficient (Wildman–Crippen LogP) is 4.02. The summed E-state index contributed by atoms with van der Waals surface area (Å²) in [5.74, 6) is -0.490. The molecule has 4 rings (SSSR count). The highest BCUT2D eigenvalue weighted by Crippen LogP contribution is 2.25. The second-order valence-electron chi connectivity index (χ2n) is 11.0. The Labute approximate surface area is 246 Å². The summed E-state index contributed by atoms with van der Waals surface area (Å²) in [6, 6.07) is 4.75. The van der Waals surface area contributed by atoms with E-state index >= 15 is 0 Å². The van der Waals surface area contributed by atoms with Crippen molar-refractivity contribution in [2.24, 2.45) is 13.0 Å². The van der Waals surface area contributed by atoms with Crippen LogP contribution in [-0.4, -0.2) is 92.9 Å². The van der Waals surface area contributed by atoms with Crippen LogP contribution in [0, 0.1) is 5.92 Å². The number of rotatable bonds is 4. The zero-order valence-corrected chi connectivity index (χ0v) is 25.4. The van der Waals surface area contributed by atoms with Crippen molar-refractivity contribution in [3.8, 4) is 0 Å². The highest BCUT2D eigenvalue weighted by atomic mass is 79.9. The summed E-state index contributed by atoms with van der Waals surface area (Å²) >= 11 is 9.74. The molecule has 11 nitrogen and oxygen atoms in total. The number of imidazole rings is 1. The van der Waals surface area contributed by atoms with Crippen LogP contribution in [0.1, 0.15) is 54.6 Å². The summed E-state index contributed by atoms with van der Waals surface area (Å²) in [4.78, 5) is 60.4. The molecule has 216 valence electrons. The Morgan fingerprint density at radius 1 is 1.00 bits per heavy atom. The van der Waals surface area contributed by atoms with E-state index in [0.29, 0.717) is 68.0 Å². The zero-order valence-electron chi connectivity index (χ0n) is 23.1. The maximum atomic E-state index is 13.2. The van der Waals surface area contributed by atoms with Crippen molar-refractivity contribution < 1.29 is 23.9 Å². The standard InChI is InChI=1S/C27H34BrClN6O5/c1-27(2,3)40-26(39)35-9-7-17(8-10-35)24(37)33-11-13-34(14-12-33)25(38)19-6-5-18(15-20(19)29)31-23(36)22-30-16-21(28)32(22)4/h5-6,15-17H,7-14H2,1-4H3,(H,31,36). The lowest BCUT2D eigenvalue weighted by Crippen LogP contribution is -2.53. The van der Waals surface area contributed by atoms with Crippen molar-refractivity contribution in [3.05, 3.63) is 45.4 Å². The third kappa shape index (κ3) is 6.95. The first-order valence-electron chi connectivity index (χ1n) is 13.2. The van der Waals surface area contributed by atoms with Gasteiger partial charge >= 0.3 is 6.09 Å². The first-order chi connectivity index (χ1) is 18.8. The van der Waals surface area contributed by atoms with E-state index < -0.39 is 11.5 Å². The molecule has 0 unspecified atom stereocenters. The van der Waals surface area contributed by atoms with Crippen LogP contribution >= 0.6 is 27.5 Å². The topological polar surface area (TPSA) is 117 Å². The van der Waals surface area contributed by atoms with Crippen LogP contribution in [0.15, 0.2) is 29.0 Å². The van der Waals surface area contributed by atoms with Crippen molar-refractivity contribution in [2.75, 3.05) is 44.6 Å². The van der Waals surface area contributed by atoms with Gasteiger partial charge in [0.1, 0.15) is 10.2 Å². The van der Waals surface area contributed by atoms with Crippen LogP contribution in [0.4, 0.5) is 10.5 Å². The SMILES string of the molecule is Cn1c(Br)cnc1C(=O)Nc1ccc(C(=O)N2CCN(C(=O)C3CCN(C(=O)OC(C)(C)C)CC3)CC2)c(Cl)c1. The maximum Gasteiger partial charge on any atom is 0.410 e. The lowest BCUT2D eigenvalue weighted by Gasteiger charge is -2.38. The fourth-order valence-electron chi connectivity index (χ4n) is 4.75. The maximum absolute atomic E-state index is 13.2. The molecule has 0 aliphatic carbocycles. The molecule has 0 spiro atoms. The van der Waals surface area contributed by atoms with Gasteiger partial charge in [-0.3, -0.25) is 14.4 Å². The molecule has 0 atom stereocenters. The zero-order chi connectivity index (χ0) is 29.2. The summed E-state index contributed by atoms with van der Waals surface area (Å²) < 4.78 is 7.71. The summed E-state index contributed by atoms with van der Waals surface area (Å²) in [6.45, 7) is 8.11. The van der Waals surface area contributed by atoms with Gasteiger partial charge in [0.2, 0.25) is 5.91 Å². The molecule has 0 radical (unpaired) electrons. The molecule has 1 N–H and O–H groups in total. The van der Waals surface area contributed by atoms with E-state index in [0.717, 1.165) is 0 Å². The summed E-state index contributed by atoms with van der Waals surface area (Å²) in [6.07, 6.45) is 2.37. The van der Waals surface area contributed by atoms with E-state index in [4.69, 9.17) is 16.3 Å². The molecule has 4 amide bonds. The molecule has 2 fully saturated rings. The number of nitrogens with one attached hydrogen (secondary N) is 1. The van der Waals surface area contributed by atoms with Gasteiger partial charge in [-0.2, -0.15) is 0 Å². The minimum absolute atomic E-state index is 0.0637. The number of hydrogen-bond acceptors (Lipinski definition) is 6. The number of anilines is 1. The molecule has 13 heteroatoms. The van der Waals surface area contributed by atoms with Crippen molar-refractivity contribution in [2.45, 2.75) is 39.2 Å². The van der Waals surface area contributed by atoms with Crippen molar-refractivity contribution >= 4 is 57.0 Å². The van der Waals surface area contributed by atoms with E-state index in [1.165, 1.54) is 12.3 Å². The van der Waals surface area contributed by atoms with Gasteiger partial charge in [0, 0.05) is 57.9 Å². The number of piperazine rings is 1. The molecule has 2 aromatic rings. The van der Waals surface area contributed by atoms with Gasteiger partial charge in [0.15, 0.2) is 5.82 Å². The van der Waals surface area contributed by atoms with Crippen LogP contribution in [0.3, 0.4) is 0 Å². The molecule has 2 saturated heterocycles. The number of halogens is 2. The minimum atomic E-state index is -0.555. The van der Waals surface area contributed by atoms with E-state index in [1.807, 2.05) is 20.8 Å². The lowest BCUT2D eigenvalue weighted by atomic mass is 9.95. The quantitative estimate of drug-likeness (QED) is 0.542. The molecular weight excluding hydrogens is 604 g/mol.